The Hall–Kier alpha value is -3.79. The Balaban J connectivity index is 1.81. The smallest absolute Gasteiger partial charge is 0.273 e. The van der Waals surface area contributed by atoms with E-state index >= 15 is 0 Å². The molecule has 0 aliphatic carbocycles. The van der Waals surface area contributed by atoms with Crippen molar-refractivity contribution in [3.63, 3.8) is 0 Å². The first-order chi connectivity index (χ1) is 16.6. The van der Waals surface area contributed by atoms with Gasteiger partial charge < -0.3 is 21.1 Å². The first-order valence-electron chi connectivity index (χ1n) is 11.3. The lowest BCUT2D eigenvalue weighted by Crippen LogP contribution is -2.55. The molecule has 0 radical (unpaired) electrons. The van der Waals surface area contributed by atoms with Gasteiger partial charge in [-0.3, -0.25) is 19.1 Å². The van der Waals surface area contributed by atoms with Crippen LogP contribution < -0.4 is 16.0 Å². The lowest BCUT2D eigenvalue weighted by atomic mass is 9.86. The Labute approximate surface area is 202 Å². The number of benzene rings is 2. The van der Waals surface area contributed by atoms with Gasteiger partial charge in [0.25, 0.3) is 5.91 Å². The number of aromatic nitrogens is 2. The van der Waals surface area contributed by atoms with Crippen LogP contribution >= 0.6 is 0 Å². The van der Waals surface area contributed by atoms with Crippen molar-refractivity contribution in [3.8, 4) is 0 Å². The number of aliphatic hydroxyl groups excluding tert-OH is 1. The lowest BCUT2D eigenvalue weighted by molar-refractivity contribution is -0.128. The van der Waals surface area contributed by atoms with Crippen molar-refractivity contribution in [1.29, 1.82) is 0 Å². The molecule has 0 spiro atoms. The summed E-state index contributed by atoms with van der Waals surface area (Å²) in [6, 6.07) is 12.3. The molecule has 3 amide bonds. The van der Waals surface area contributed by atoms with E-state index < -0.39 is 29.2 Å². The van der Waals surface area contributed by atoms with E-state index in [4.69, 9.17) is 5.11 Å². The minimum absolute atomic E-state index is 0.0851. The molecule has 0 saturated heterocycles. The fourth-order valence-electron chi connectivity index (χ4n) is 3.58. The monoisotopic (exact) mass is 483 g/mol. The second kappa shape index (κ2) is 11.1. The van der Waals surface area contributed by atoms with E-state index in [9.17, 15) is 18.8 Å². The molecule has 186 valence electrons. The van der Waals surface area contributed by atoms with Crippen LogP contribution in [0, 0.1) is 11.2 Å². The van der Waals surface area contributed by atoms with Gasteiger partial charge >= 0.3 is 0 Å². The van der Waals surface area contributed by atoms with Gasteiger partial charge in [-0.25, -0.2) is 4.39 Å². The SMILES string of the molecule is CC(C)(C)C(NC(=O)c1nn(Cc2ccc(F)cc2)c2ccccc12)C(=O)NCC(=O)NCCO. The Kier molecular flexibility index (Phi) is 8.18. The molecule has 35 heavy (non-hydrogen) atoms. The van der Waals surface area contributed by atoms with Gasteiger partial charge in [0.05, 0.1) is 25.2 Å². The summed E-state index contributed by atoms with van der Waals surface area (Å²) >= 11 is 0. The number of amides is 3. The molecule has 1 heterocycles. The fourth-order valence-corrected chi connectivity index (χ4v) is 3.58. The number of nitrogens with zero attached hydrogens (tertiary/aromatic N) is 2. The Morgan fingerprint density at radius 3 is 2.40 bits per heavy atom. The molecule has 9 nitrogen and oxygen atoms in total. The standard InChI is InChI=1S/C25H30FN5O4/c1-25(2,3)22(24(35)28-14-20(33)27-12-13-32)29-23(34)21-18-6-4-5-7-19(18)31(30-21)15-16-8-10-17(26)11-9-16/h4-11,22,32H,12-15H2,1-3H3,(H,27,33)(H,28,35)(H,29,34). The average Bonchev–Trinajstić information content (AvgIpc) is 3.18. The zero-order valence-electron chi connectivity index (χ0n) is 20.0. The fraction of sp³-hybridized carbons (Fsp3) is 0.360. The quantitative estimate of drug-likeness (QED) is 0.368. The number of nitrogens with one attached hydrogen (secondary N) is 3. The van der Waals surface area contributed by atoms with Crippen molar-refractivity contribution in [2.24, 2.45) is 5.41 Å². The molecule has 2 aromatic carbocycles. The van der Waals surface area contributed by atoms with Gasteiger partial charge in [-0.15, -0.1) is 0 Å². The summed E-state index contributed by atoms with van der Waals surface area (Å²) in [5, 5.41) is 21.7. The molecule has 4 N–H and O–H groups in total. The zero-order chi connectivity index (χ0) is 25.6. The van der Waals surface area contributed by atoms with Crippen LogP contribution in [0.25, 0.3) is 10.9 Å². The first kappa shape index (κ1) is 25.8. The third kappa shape index (κ3) is 6.63. The van der Waals surface area contributed by atoms with E-state index in [1.54, 1.807) is 49.7 Å². The van der Waals surface area contributed by atoms with Crippen LogP contribution in [0.15, 0.2) is 48.5 Å². The summed E-state index contributed by atoms with van der Waals surface area (Å²) in [6.07, 6.45) is 0. The van der Waals surface area contributed by atoms with Crippen molar-refractivity contribution in [3.05, 3.63) is 65.6 Å². The number of hydrogen-bond donors (Lipinski definition) is 4. The molecule has 0 aliphatic rings. The van der Waals surface area contributed by atoms with Gasteiger partial charge in [0, 0.05) is 11.9 Å². The van der Waals surface area contributed by atoms with Crippen molar-refractivity contribution in [2.75, 3.05) is 19.7 Å². The third-order valence-electron chi connectivity index (χ3n) is 5.38. The summed E-state index contributed by atoms with van der Waals surface area (Å²) in [5.74, 6) is -1.83. The van der Waals surface area contributed by atoms with Gasteiger partial charge in [0.1, 0.15) is 11.9 Å². The molecule has 0 bridgehead atoms. The minimum atomic E-state index is -0.943. The van der Waals surface area contributed by atoms with Crippen molar-refractivity contribution >= 4 is 28.6 Å². The molecule has 3 rings (SSSR count). The summed E-state index contributed by atoms with van der Waals surface area (Å²) in [5.41, 5.74) is 1.04. The average molecular weight is 484 g/mol. The normalized spacial score (nSPS) is 12.3. The van der Waals surface area contributed by atoms with E-state index in [-0.39, 0.29) is 31.2 Å². The molecular weight excluding hydrogens is 453 g/mol. The van der Waals surface area contributed by atoms with E-state index in [0.717, 1.165) is 11.1 Å². The summed E-state index contributed by atoms with van der Waals surface area (Å²) in [7, 11) is 0. The van der Waals surface area contributed by atoms with Gasteiger partial charge in [0.2, 0.25) is 11.8 Å². The number of aliphatic hydroxyl groups is 1. The molecule has 1 atom stereocenters. The molecular formula is C25H30FN5O4. The van der Waals surface area contributed by atoms with Gasteiger partial charge in [-0.1, -0.05) is 51.1 Å². The van der Waals surface area contributed by atoms with Gasteiger partial charge in [0.15, 0.2) is 5.69 Å². The number of rotatable bonds is 9. The topological polar surface area (TPSA) is 125 Å². The van der Waals surface area contributed by atoms with Gasteiger partial charge in [-0.05, 0) is 29.2 Å². The van der Waals surface area contributed by atoms with Crippen LogP contribution in [0.5, 0.6) is 0 Å². The lowest BCUT2D eigenvalue weighted by Gasteiger charge is -2.30. The predicted octanol–water partition coefficient (Wildman–Crippen LogP) is 1.59. The number of halogens is 1. The summed E-state index contributed by atoms with van der Waals surface area (Å²) in [6.45, 7) is 5.33. The summed E-state index contributed by atoms with van der Waals surface area (Å²) < 4.78 is 14.9. The largest absolute Gasteiger partial charge is 0.395 e. The molecule has 0 fully saturated rings. The number of hydrogen-bond acceptors (Lipinski definition) is 5. The molecule has 1 unspecified atom stereocenters. The van der Waals surface area contributed by atoms with Crippen LogP contribution in [0.4, 0.5) is 4.39 Å². The van der Waals surface area contributed by atoms with E-state index in [1.807, 2.05) is 12.1 Å². The van der Waals surface area contributed by atoms with Crippen LogP contribution in [0.2, 0.25) is 0 Å². The molecule has 0 aliphatic heterocycles. The number of para-hydroxylation sites is 1. The predicted molar refractivity (Wildman–Crippen MR) is 129 cm³/mol. The molecule has 0 saturated carbocycles. The number of fused-ring (bicyclic) bond motifs is 1. The first-order valence-corrected chi connectivity index (χ1v) is 11.3. The minimum Gasteiger partial charge on any atom is -0.395 e. The van der Waals surface area contributed by atoms with E-state index in [1.165, 1.54) is 12.1 Å². The van der Waals surface area contributed by atoms with Crippen molar-refractivity contribution < 1.29 is 23.9 Å². The van der Waals surface area contributed by atoms with Gasteiger partial charge in [-0.2, -0.15) is 5.10 Å². The number of carbonyl (C=O) groups excluding carboxylic acids is 3. The van der Waals surface area contributed by atoms with Crippen LogP contribution in [-0.4, -0.2) is 58.3 Å². The highest BCUT2D eigenvalue weighted by atomic mass is 19.1. The maximum atomic E-state index is 13.3. The Morgan fingerprint density at radius 1 is 1.06 bits per heavy atom. The van der Waals surface area contributed by atoms with Crippen LogP contribution in [-0.2, 0) is 16.1 Å². The maximum Gasteiger partial charge on any atom is 0.273 e. The van der Waals surface area contributed by atoms with Crippen molar-refractivity contribution in [2.45, 2.75) is 33.4 Å². The van der Waals surface area contributed by atoms with E-state index in [2.05, 4.69) is 21.0 Å². The maximum absolute atomic E-state index is 13.3. The van der Waals surface area contributed by atoms with E-state index in [0.29, 0.717) is 11.9 Å². The Bertz CT molecular complexity index is 1200. The highest BCUT2D eigenvalue weighted by molar-refractivity contribution is 6.06. The molecule has 10 heteroatoms. The number of carbonyl (C=O) groups is 3. The Morgan fingerprint density at radius 2 is 1.74 bits per heavy atom. The highest BCUT2D eigenvalue weighted by Crippen LogP contribution is 2.23. The highest BCUT2D eigenvalue weighted by Gasteiger charge is 2.34. The van der Waals surface area contributed by atoms with Crippen molar-refractivity contribution in [1.82, 2.24) is 25.7 Å². The molecule has 1 aromatic heterocycles. The zero-order valence-corrected chi connectivity index (χ0v) is 20.0. The van der Waals surface area contributed by atoms with Crippen LogP contribution in [0.1, 0.15) is 36.8 Å². The summed E-state index contributed by atoms with van der Waals surface area (Å²) in [4.78, 5) is 37.9. The second-order valence-corrected chi connectivity index (χ2v) is 9.21. The molecule has 3 aromatic rings. The van der Waals surface area contributed by atoms with Crippen LogP contribution in [0.3, 0.4) is 0 Å². The third-order valence-corrected chi connectivity index (χ3v) is 5.38. The second-order valence-electron chi connectivity index (χ2n) is 9.21.